The second-order valence-electron chi connectivity index (χ2n) is 4.27. The van der Waals surface area contributed by atoms with E-state index >= 15 is 0 Å². The first-order valence-electron chi connectivity index (χ1n) is 6.17. The van der Waals surface area contributed by atoms with Gasteiger partial charge in [-0.25, -0.2) is 0 Å². The van der Waals surface area contributed by atoms with Crippen LogP contribution in [0.3, 0.4) is 0 Å². The van der Waals surface area contributed by atoms with Crippen molar-refractivity contribution in [3.8, 4) is 5.75 Å². The van der Waals surface area contributed by atoms with Gasteiger partial charge in [-0.3, -0.25) is 0 Å². The topological polar surface area (TPSA) is 56.5 Å². The third kappa shape index (κ3) is 3.03. The molecule has 0 spiro atoms. The largest absolute Gasteiger partial charge is 0.491 e. The molecule has 1 unspecified atom stereocenters. The summed E-state index contributed by atoms with van der Waals surface area (Å²) in [4.78, 5) is 0. The predicted molar refractivity (Wildman–Crippen MR) is 69.5 cm³/mol. The summed E-state index contributed by atoms with van der Waals surface area (Å²) in [5.74, 6) is 0.760. The standard InChI is InChI=1S/C13H20N2O2/c1-2-7-17-12-5-3-4-11(13(12)14)15-10-6-8-16-9-10/h3-5,10,15H,2,6-9,14H2,1H3. The van der Waals surface area contributed by atoms with E-state index in [0.29, 0.717) is 18.3 Å². The van der Waals surface area contributed by atoms with Gasteiger partial charge in [0.1, 0.15) is 5.75 Å². The molecular formula is C13H20N2O2. The minimum absolute atomic E-state index is 0.360. The van der Waals surface area contributed by atoms with Crippen LogP contribution in [-0.2, 0) is 4.74 Å². The van der Waals surface area contributed by atoms with Gasteiger partial charge in [-0.15, -0.1) is 0 Å². The third-order valence-electron chi connectivity index (χ3n) is 2.82. The first-order chi connectivity index (χ1) is 8.31. The molecule has 0 bridgehead atoms. The maximum Gasteiger partial charge on any atom is 0.144 e. The molecule has 1 aromatic rings. The maximum absolute atomic E-state index is 6.07. The van der Waals surface area contributed by atoms with Crippen LogP contribution in [0.15, 0.2) is 18.2 Å². The second kappa shape index (κ2) is 5.77. The van der Waals surface area contributed by atoms with E-state index in [4.69, 9.17) is 15.2 Å². The molecule has 1 heterocycles. The quantitative estimate of drug-likeness (QED) is 0.770. The molecule has 0 amide bonds. The van der Waals surface area contributed by atoms with Crippen LogP contribution >= 0.6 is 0 Å². The molecule has 94 valence electrons. The van der Waals surface area contributed by atoms with Gasteiger partial charge in [-0.05, 0) is 25.0 Å². The number of hydrogen-bond donors (Lipinski definition) is 2. The summed E-state index contributed by atoms with van der Waals surface area (Å²) in [6, 6.07) is 6.20. The smallest absolute Gasteiger partial charge is 0.144 e. The molecule has 3 N–H and O–H groups in total. The molecule has 0 radical (unpaired) electrons. The van der Waals surface area contributed by atoms with Crippen molar-refractivity contribution >= 4 is 11.4 Å². The van der Waals surface area contributed by atoms with Gasteiger partial charge in [0.05, 0.1) is 30.6 Å². The van der Waals surface area contributed by atoms with E-state index in [1.54, 1.807) is 0 Å². The van der Waals surface area contributed by atoms with E-state index < -0.39 is 0 Å². The maximum atomic E-state index is 6.07. The fourth-order valence-corrected chi connectivity index (χ4v) is 1.88. The Bertz CT molecular complexity index is 362. The summed E-state index contributed by atoms with van der Waals surface area (Å²) in [7, 11) is 0. The van der Waals surface area contributed by atoms with Crippen molar-refractivity contribution in [3.63, 3.8) is 0 Å². The Labute approximate surface area is 102 Å². The molecule has 4 heteroatoms. The minimum Gasteiger partial charge on any atom is -0.491 e. The monoisotopic (exact) mass is 236 g/mol. The Morgan fingerprint density at radius 3 is 3.12 bits per heavy atom. The molecular weight excluding hydrogens is 216 g/mol. The summed E-state index contributed by atoms with van der Waals surface area (Å²) < 4.78 is 10.9. The van der Waals surface area contributed by atoms with Gasteiger partial charge in [0.15, 0.2) is 0 Å². The van der Waals surface area contributed by atoms with Gasteiger partial charge in [0, 0.05) is 6.61 Å². The van der Waals surface area contributed by atoms with Gasteiger partial charge in [0.2, 0.25) is 0 Å². The molecule has 4 nitrogen and oxygen atoms in total. The summed E-state index contributed by atoms with van der Waals surface area (Å²) >= 11 is 0. The summed E-state index contributed by atoms with van der Waals surface area (Å²) in [6.45, 7) is 4.34. The Morgan fingerprint density at radius 2 is 2.41 bits per heavy atom. The van der Waals surface area contributed by atoms with Crippen LogP contribution in [0.5, 0.6) is 5.75 Å². The van der Waals surface area contributed by atoms with Crippen molar-refractivity contribution in [2.75, 3.05) is 30.9 Å². The molecule has 2 rings (SSSR count). The van der Waals surface area contributed by atoms with Crippen molar-refractivity contribution in [3.05, 3.63) is 18.2 Å². The number of nitrogen functional groups attached to an aromatic ring is 1. The lowest BCUT2D eigenvalue weighted by Crippen LogP contribution is -2.19. The number of rotatable bonds is 5. The normalized spacial score (nSPS) is 19.2. The Kier molecular flexibility index (Phi) is 4.09. The minimum atomic E-state index is 0.360. The zero-order valence-corrected chi connectivity index (χ0v) is 10.2. The van der Waals surface area contributed by atoms with Gasteiger partial charge in [-0.2, -0.15) is 0 Å². The molecule has 1 aromatic carbocycles. The van der Waals surface area contributed by atoms with Crippen LogP contribution < -0.4 is 15.8 Å². The Morgan fingerprint density at radius 1 is 1.53 bits per heavy atom. The highest BCUT2D eigenvalue weighted by atomic mass is 16.5. The highest BCUT2D eigenvalue weighted by Crippen LogP contribution is 2.30. The van der Waals surface area contributed by atoms with E-state index in [2.05, 4.69) is 12.2 Å². The van der Waals surface area contributed by atoms with Crippen LogP contribution in [0.1, 0.15) is 19.8 Å². The van der Waals surface area contributed by atoms with E-state index in [1.807, 2.05) is 18.2 Å². The van der Waals surface area contributed by atoms with Crippen LogP contribution in [0, 0.1) is 0 Å². The Balaban J connectivity index is 2.05. The van der Waals surface area contributed by atoms with Gasteiger partial charge in [-0.1, -0.05) is 13.0 Å². The van der Waals surface area contributed by atoms with Crippen molar-refractivity contribution in [1.82, 2.24) is 0 Å². The molecule has 0 aliphatic carbocycles. The molecule has 1 saturated heterocycles. The number of para-hydroxylation sites is 1. The summed E-state index contributed by atoms with van der Waals surface area (Å²) in [5, 5.41) is 3.40. The molecule has 17 heavy (non-hydrogen) atoms. The average Bonchev–Trinajstić information content (AvgIpc) is 2.83. The predicted octanol–water partition coefficient (Wildman–Crippen LogP) is 2.26. The zero-order chi connectivity index (χ0) is 12.1. The van der Waals surface area contributed by atoms with E-state index in [9.17, 15) is 0 Å². The highest BCUT2D eigenvalue weighted by Gasteiger charge is 2.16. The summed E-state index contributed by atoms with van der Waals surface area (Å²) in [5.41, 5.74) is 7.70. The summed E-state index contributed by atoms with van der Waals surface area (Å²) in [6.07, 6.45) is 2.01. The van der Waals surface area contributed by atoms with Crippen molar-refractivity contribution in [1.29, 1.82) is 0 Å². The molecule has 1 aliphatic rings. The Hall–Kier alpha value is -1.42. The fraction of sp³-hybridized carbons (Fsp3) is 0.538. The number of hydrogen-bond acceptors (Lipinski definition) is 4. The van der Waals surface area contributed by atoms with Crippen LogP contribution in [-0.4, -0.2) is 25.9 Å². The first-order valence-corrected chi connectivity index (χ1v) is 6.17. The number of benzene rings is 1. The zero-order valence-electron chi connectivity index (χ0n) is 10.2. The van der Waals surface area contributed by atoms with Crippen molar-refractivity contribution < 1.29 is 9.47 Å². The van der Waals surface area contributed by atoms with Crippen molar-refractivity contribution in [2.24, 2.45) is 0 Å². The number of anilines is 2. The first kappa shape index (κ1) is 12.0. The molecule has 1 fully saturated rings. The van der Waals surface area contributed by atoms with Gasteiger partial charge < -0.3 is 20.5 Å². The molecule has 1 aliphatic heterocycles. The van der Waals surface area contributed by atoms with Crippen LogP contribution in [0.4, 0.5) is 11.4 Å². The molecule has 0 saturated carbocycles. The SMILES string of the molecule is CCCOc1cccc(NC2CCOC2)c1N. The third-order valence-corrected chi connectivity index (χ3v) is 2.82. The average molecular weight is 236 g/mol. The lowest BCUT2D eigenvalue weighted by molar-refractivity contribution is 0.195. The second-order valence-corrected chi connectivity index (χ2v) is 4.27. The number of ether oxygens (including phenoxy) is 2. The number of nitrogens with two attached hydrogens (primary N) is 1. The van der Waals surface area contributed by atoms with Crippen LogP contribution in [0.25, 0.3) is 0 Å². The lowest BCUT2D eigenvalue weighted by Gasteiger charge is -2.16. The van der Waals surface area contributed by atoms with Gasteiger partial charge in [0.25, 0.3) is 0 Å². The molecule has 0 aromatic heterocycles. The van der Waals surface area contributed by atoms with E-state index in [0.717, 1.165) is 37.5 Å². The lowest BCUT2D eigenvalue weighted by atomic mass is 10.2. The van der Waals surface area contributed by atoms with E-state index in [-0.39, 0.29) is 0 Å². The fourth-order valence-electron chi connectivity index (χ4n) is 1.88. The number of nitrogens with one attached hydrogen (secondary N) is 1. The highest BCUT2D eigenvalue weighted by molar-refractivity contribution is 5.73. The van der Waals surface area contributed by atoms with Gasteiger partial charge >= 0.3 is 0 Å². The van der Waals surface area contributed by atoms with Crippen LogP contribution in [0.2, 0.25) is 0 Å². The molecule has 1 atom stereocenters. The van der Waals surface area contributed by atoms with Crippen molar-refractivity contribution in [2.45, 2.75) is 25.8 Å². The van der Waals surface area contributed by atoms with E-state index in [1.165, 1.54) is 0 Å².